The lowest BCUT2D eigenvalue weighted by Crippen LogP contribution is -2.46. The van der Waals surface area contributed by atoms with Crippen molar-refractivity contribution in [1.29, 1.82) is 0 Å². The van der Waals surface area contributed by atoms with E-state index in [1.54, 1.807) is 5.01 Å². The van der Waals surface area contributed by atoms with Crippen LogP contribution in [-0.2, 0) is 4.74 Å². The molecule has 0 unspecified atom stereocenters. The molecule has 6 heteroatoms. The molecule has 0 aromatic heterocycles. The highest BCUT2D eigenvalue weighted by Gasteiger charge is 2.24. The second-order valence-electron chi connectivity index (χ2n) is 3.65. The van der Waals surface area contributed by atoms with Crippen molar-refractivity contribution < 1.29 is 9.53 Å². The summed E-state index contributed by atoms with van der Waals surface area (Å²) >= 11 is 2.11. The number of rotatable bonds is 4. The number of halogens is 1. The topological polar surface area (TPSA) is 44.8 Å². The van der Waals surface area contributed by atoms with E-state index in [9.17, 15) is 4.79 Å². The Balaban J connectivity index is 2.51. The highest BCUT2D eigenvalue weighted by Crippen LogP contribution is 2.06. The summed E-state index contributed by atoms with van der Waals surface area (Å²) in [6.07, 6.45) is 4.05. The fraction of sp³-hybridized carbons (Fsp3) is 0.727. The second kappa shape index (κ2) is 8.55. The summed E-state index contributed by atoms with van der Waals surface area (Å²) in [6, 6.07) is 0. The van der Waals surface area contributed by atoms with Crippen LogP contribution in [0.5, 0.6) is 0 Å². The lowest BCUT2D eigenvalue weighted by molar-refractivity contribution is 0.00736. The Morgan fingerprint density at radius 2 is 2.47 bits per heavy atom. The molecule has 0 aromatic rings. The number of hydrogen-bond donors (Lipinski definition) is 1. The third-order valence-corrected chi connectivity index (χ3v) is 2.78. The molecular weight excluding hydrogens is 333 g/mol. The zero-order valence-corrected chi connectivity index (χ0v) is 12.2. The van der Waals surface area contributed by atoms with Crippen LogP contribution in [-0.4, -0.2) is 46.8 Å². The summed E-state index contributed by atoms with van der Waals surface area (Å²) in [7, 11) is 0. The lowest BCUT2D eigenvalue weighted by Gasteiger charge is -2.28. The number of unbranched alkanes of at least 4 members (excludes halogenated alkanes) is 1. The van der Waals surface area contributed by atoms with Gasteiger partial charge in [0.05, 0.1) is 11.1 Å². The van der Waals surface area contributed by atoms with E-state index in [4.69, 9.17) is 4.74 Å². The average Bonchev–Trinajstić information content (AvgIpc) is 2.83. The number of ether oxygens (including phenoxy) is 1. The number of carbonyl (C=O) groups is 1. The van der Waals surface area contributed by atoms with Crippen LogP contribution < -0.4 is 5.32 Å². The normalized spacial score (nSPS) is 15.2. The number of amides is 1. The molecule has 0 aliphatic carbocycles. The van der Waals surface area contributed by atoms with Gasteiger partial charge >= 0.3 is 6.09 Å². The maximum Gasteiger partial charge on any atom is 0.438 e. The van der Waals surface area contributed by atoms with Gasteiger partial charge in [0.1, 0.15) is 6.11 Å². The summed E-state index contributed by atoms with van der Waals surface area (Å²) < 4.78 is 5.56. The molecule has 1 N–H and O–H groups in total. The molecule has 1 amide bonds. The van der Waals surface area contributed by atoms with Gasteiger partial charge in [-0.1, -0.05) is 35.9 Å². The van der Waals surface area contributed by atoms with E-state index < -0.39 is 0 Å². The van der Waals surface area contributed by atoms with Gasteiger partial charge in [-0.15, -0.1) is 0 Å². The first kappa shape index (κ1) is 14.5. The fourth-order valence-electron chi connectivity index (χ4n) is 1.52. The first-order valence-corrected chi connectivity index (χ1v) is 7.30. The second-order valence-corrected chi connectivity index (χ2v) is 4.41. The van der Waals surface area contributed by atoms with Gasteiger partial charge in [-0.3, -0.25) is 0 Å². The molecule has 1 fully saturated rings. The van der Waals surface area contributed by atoms with E-state index in [2.05, 4.69) is 46.9 Å². The number of nitrogens with zero attached hydrogens (tertiary/aromatic N) is 2. The molecule has 0 atom stereocenters. The molecule has 1 aliphatic heterocycles. The van der Waals surface area contributed by atoms with Gasteiger partial charge in [-0.25, -0.2) is 14.8 Å². The van der Waals surface area contributed by atoms with Crippen LogP contribution in [0.4, 0.5) is 4.79 Å². The van der Waals surface area contributed by atoms with E-state index in [1.165, 1.54) is 0 Å². The van der Waals surface area contributed by atoms with Crippen LogP contribution >= 0.6 is 22.6 Å². The van der Waals surface area contributed by atoms with Crippen LogP contribution in [0.25, 0.3) is 0 Å². The molecule has 0 radical (unpaired) electrons. The molecule has 5 nitrogen and oxygen atoms in total. The largest absolute Gasteiger partial charge is 0.438 e. The minimum atomic E-state index is -0.375. The molecule has 17 heavy (non-hydrogen) atoms. The number of alkyl halides is 1. The third-order valence-electron chi connectivity index (χ3n) is 2.39. The number of nitrogens with one attached hydrogen (secondary N) is 1. The predicted molar refractivity (Wildman–Crippen MR) is 74.3 cm³/mol. The Morgan fingerprint density at radius 3 is 3.06 bits per heavy atom. The van der Waals surface area contributed by atoms with E-state index in [0.29, 0.717) is 17.6 Å². The van der Waals surface area contributed by atoms with Gasteiger partial charge in [-0.2, -0.15) is 0 Å². The first-order valence-electron chi connectivity index (χ1n) is 5.77. The molecule has 1 aliphatic rings. The summed E-state index contributed by atoms with van der Waals surface area (Å²) in [4.78, 5) is 11.8. The summed E-state index contributed by atoms with van der Waals surface area (Å²) in [5, 5.41) is 6.80. The van der Waals surface area contributed by atoms with Crippen LogP contribution in [0.3, 0.4) is 0 Å². The molecule has 0 aromatic carbocycles. The molecule has 0 saturated carbocycles. The maximum absolute atomic E-state index is 11.8. The molecule has 1 heterocycles. The zero-order valence-electron chi connectivity index (χ0n) is 10.0. The van der Waals surface area contributed by atoms with Crippen LogP contribution in [0, 0.1) is 12.0 Å². The Bertz CT molecular complexity index is 295. The van der Waals surface area contributed by atoms with E-state index in [0.717, 1.165) is 25.9 Å². The minimum Gasteiger partial charge on any atom is -0.355 e. The SMILES string of the molecule is CCCCN(C(=O)OC#CCI)N1CCNC1. The van der Waals surface area contributed by atoms with E-state index in [-0.39, 0.29) is 6.09 Å². The van der Waals surface area contributed by atoms with Crippen molar-refractivity contribution in [2.45, 2.75) is 19.8 Å². The standard InChI is InChI=1S/C11H18IN3O2/c1-2-3-7-15(14-8-6-13-10-14)11(16)17-9-4-5-12/h13H,2-3,5-8,10H2,1H3. The van der Waals surface area contributed by atoms with Gasteiger partial charge in [-0.05, 0) is 12.3 Å². The maximum atomic E-state index is 11.8. The van der Waals surface area contributed by atoms with Crippen LogP contribution in [0.1, 0.15) is 19.8 Å². The van der Waals surface area contributed by atoms with Crippen molar-refractivity contribution >= 4 is 28.7 Å². The van der Waals surface area contributed by atoms with E-state index >= 15 is 0 Å². The van der Waals surface area contributed by atoms with Gasteiger partial charge in [0.25, 0.3) is 0 Å². The monoisotopic (exact) mass is 351 g/mol. The third kappa shape index (κ3) is 5.10. The van der Waals surface area contributed by atoms with E-state index in [1.807, 2.05) is 5.01 Å². The summed E-state index contributed by atoms with van der Waals surface area (Å²) in [5.74, 6) is 2.71. The van der Waals surface area contributed by atoms with Gasteiger partial charge in [0.15, 0.2) is 0 Å². The van der Waals surface area contributed by atoms with Gasteiger partial charge in [0, 0.05) is 19.6 Å². The lowest BCUT2D eigenvalue weighted by atomic mass is 10.3. The predicted octanol–water partition coefficient (Wildman–Crippen LogP) is 1.40. The Morgan fingerprint density at radius 1 is 1.65 bits per heavy atom. The molecular formula is C11H18IN3O2. The van der Waals surface area contributed by atoms with Gasteiger partial charge in [0.2, 0.25) is 0 Å². The fourth-order valence-corrected chi connectivity index (χ4v) is 1.67. The van der Waals surface area contributed by atoms with Crippen molar-refractivity contribution in [3.63, 3.8) is 0 Å². The van der Waals surface area contributed by atoms with Crippen molar-refractivity contribution in [3.05, 3.63) is 0 Å². The smallest absolute Gasteiger partial charge is 0.355 e. The van der Waals surface area contributed by atoms with Crippen molar-refractivity contribution in [1.82, 2.24) is 15.3 Å². The first-order chi connectivity index (χ1) is 8.29. The molecule has 96 valence electrons. The number of hydrogen-bond acceptors (Lipinski definition) is 4. The Kier molecular flexibility index (Phi) is 7.32. The highest BCUT2D eigenvalue weighted by molar-refractivity contribution is 14.1. The van der Waals surface area contributed by atoms with Crippen LogP contribution in [0.15, 0.2) is 0 Å². The van der Waals surface area contributed by atoms with Crippen molar-refractivity contribution in [2.24, 2.45) is 0 Å². The van der Waals surface area contributed by atoms with Gasteiger partial charge < -0.3 is 10.1 Å². The Labute approximate surface area is 116 Å². The van der Waals surface area contributed by atoms with Crippen molar-refractivity contribution in [3.8, 4) is 12.0 Å². The van der Waals surface area contributed by atoms with Crippen molar-refractivity contribution in [2.75, 3.05) is 30.7 Å². The van der Waals surface area contributed by atoms with Crippen LogP contribution in [0.2, 0.25) is 0 Å². The summed E-state index contributed by atoms with van der Waals surface area (Å²) in [5.41, 5.74) is 0. The Hall–Kier alpha value is -0.520. The quantitative estimate of drug-likeness (QED) is 0.473. The molecule has 1 saturated heterocycles. The number of carbonyl (C=O) groups excluding carboxylic acids is 1. The summed E-state index contributed by atoms with van der Waals surface area (Å²) in [6.45, 7) is 5.21. The molecule has 1 rings (SSSR count). The molecule has 0 spiro atoms. The highest BCUT2D eigenvalue weighted by atomic mass is 127. The minimum absolute atomic E-state index is 0.375. The molecule has 0 bridgehead atoms. The zero-order chi connectivity index (χ0) is 12.5. The average molecular weight is 351 g/mol. The number of hydrazine groups is 1.